The van der Waals surface area contributed by atoms with Crippen molar-refractivity contribution >= 4 is 24.0 Å². The number of benzene rings is 2. The summed E-state index contributed by atoms with van der Waals surface area (Å²) in [5.74, 6) is -0.392. The van der Waals surface area contributed by atoms with Crippen molar-refractivity contribution in [3.8, 4) is 5.75 Å². The molecule has 2 aromatic carbocycles. The summed E-state index contributed by atoms with van der Waals surface area (Å²) < 4.78 is 9.82. The molecule has 2 aromatic rings. The predicted octanol–water partition coefficient (Wildman–Crippen LogP) is 3.07. The molecule has 0 aliphatic carbocycles. The molecule has 0 saturated carbocycles. The number of rotatable bonds is 5. The molecule has 0 bridgehead atoms. The molecule has 0 aromatic heterocycles. The molecule has 0 fully saturated rings. The molecular formula is C15H10ClO4. The summed E-state index contributed by atoms with van der Waals surface area (Å²) in [7, 11) is 0. The molecule has 5 heteroatoms. The third-order valence-corrected chi connectivity index (χ3v) is 2.77. The van der Waals surface area contributed by atoms with Crippen molar-refractivity contribution in [1.29, 1.82) is 0 Å². The van der Waals surface area contributed by atoms with Crippen LogP contribution in [-0.2, 0) is 14.3 Å². The summed E-state index contributed by atoms with van der Waals surface area (Å²) in [6.07, 6.45) is -1.15. The molecule has 0 saturated heterocycles. The molecule has 4 nitrogen and oxygen atoms in total. The van der Waals surface area contributed by atoms with Crippen molar-refractivity contribution in [2.24, 2.45) is 0 Å². The molecule has 0 N–H and O–H groups in total. The smallest absolute Gasteiger partial charge is 0.418 e. The number of hydrogen-bond acceptors (Lipinski definition) is 4. The van der Waals surface area contributed by atoms with E-state index in [2.05, 4.69) is 4.74 Å². The topological polar surface area (TPSA) is 52.6 Å². The van der Waals surface area contributed by atoms with Gasteiger partial charge in [0.05, 0.1) is 0 Å². The molecule has 1 radical (unpaired) electrons. The standard InChI is InChI=1S/C15H10ClO4/c16-12-6-8-13(9-7-12)20-15(18)14(19-10-17)11-4-2-1-3-5-11/h1-9,14H. The minimum atomic E-state index is -1.15. The molecule has 1 atom stereocenters. The third kappa shape index (κ3) is 3.59. The maximum absolute atomic E-state index is 12.0. The molecule has 0 heterocycles. The van der Waals surface area contributed by atoms with E-state index >= 15 is 0 Å². The van der Waals surface area contributed by atoms with E-state index < -0.39 is 12.1 Å². The lowest BCUT2D eigenvalue weighted by Crippen LogP contribution is -2.21. The second-order valence-corrected chi connectivity index (χ2v) is 4.30. The monoisotopic (exact) mass is 289 g/mol. The van der Waals surface area contributed by atoms with E-state index in [1.165, 1.54) is 6.47 Å². The number of halogens is 1. The van der Waals surface area contributed by atoms with Gasteiger partial charge in [0.15, 0.2) is 0 Å². The molecule has 0 aliphatic rings. The van der Waals surface area contributed by atoms with Crippen LogP contribution < -0.4 is 4.74 Å². The molecule has 0 aliphatic heterocycles. The van der Waals surface area contributed by atoms with Gasteiger partial charge in [0, 0.05) is 10.6 Å². The number of hydrogen-bond donors (Lipinski definition) is 0. The summed E-state index contributed by atoms with van der Waals surface area (Å²) >= 11 is 5.74. The van der Waals surface area contributed by atoms with E-state index in [-0.39, 0.29) is 0 Å². The predicted molar refractivity (Wildman–Crippen MR) is 73.0 cm³/mol. The SMILES string of the molecule is O=[C]OC(C(=O)Oc1ccc(Cl)cc1)c1ccccc1. The summed E-state index contributed by atoms with van der Waals surface area (Å²) in [4.78, 5) is 22.4. The van der Waals surface area contributed by atoms with Crippen LogP contribution in [0.1, 0.15) is 11.7 Å². The van der Waals surface area contributed by atoms with Crippen molar-refractivity contribution in [3.05, 3.63) is 65.2 Å². The first-order valence-corrected chi connectivity index (χ1v) is 6.13. The first kappa shape index (κ1) is 14.1. The molecule has 0 amide bonds. The van der Waals surface area contributed by atoms with Gasteiger partial charge in [-0.3, -0.25) is 0 Å². The second kappa shape index (κ2) is 6.73. The van der Waals surface area contributed by atoms with E-state index in [1.807, 2.05) is 0 Å². The van der Waals surface area contributed by atoms with Crippen molar-refractivity contribution < 1.29 is 19.1 Å². The minimum Gasteiger partial charge on any atom is -0.437 e. The highest BCUT2D eigenvalue weighted by atomic mass is 35.5. The largest absolute Gasteiger partial charge is 0.437 e. The van der Waals surface area contributed by atoms with E-state index in [0.29, 0.717) is 16.3 Å². The van der Waals surface area contributed by atoms with E-state index in [1.54, 1.807) is 54.6 Å². The molecular weight excluding hydrogens is 280 g/mol. The zero-order valence-electron chi connectivity index (χ0n) is 10.3. The van der Waals surface area contributed by atoms with Gasteiger partial charge in [-0.1, -0.05) is 41.9 Å². The fourth-order valence-corrected chi connectivity index (χ4v) is 1.73. The van der Waals surface area contributed by atoms with Crippen LogP contribution in [0.15, 0.2) is 54.6 Å². The van der Waals surface area contributed by atoms with Crippen molar-refractivity contribution in [3.63, 3.8) is 0 Å². The van der Waals surface area contributed by atoms with Crippen LogP contribution in [0.5, 0.6) is 5.75 Å². The Balaban J connectivity index is 2.15. The highest BCUT2D eigenvalue weighted by Gasteiger charge is 2.24. The molecule has 0 spiro atoms. The van der Waals surface area contributed by atoms with Gasteiger partial charge >= 0.3 is 12.4 Å². The van der Waals surface area contributed by atoms with Crippen LogP contribution in [-0.4, -0.2) is 12.4 Å². The van der Waals surface area contributed by atoms with Crippen LogP contribution in [0.25, 0.3) is 0 Å². The maximum atomic E-state index is 12.0. The zero-order chi connectivity index (χ0) is 14.4. The fraction of sp³-hybridized carbons (Fsp3) is 0.0667. The minimum absolute atomic E-state index is 0.315. The Hall–Kier alpha value is -2.33. The quantitative estimate of drug-likeness (QED) is 0.627. The Morgan fingerprint density at radius 3 is 2.30 bits per heavy atom. The summed E-state index contributed by atoms with van der Waals surface area (Å²) in [5.41, 5.74) is 0.509. The van der Waals surface area contributed by atoms with Crippen LogP contribution >= 0.6 is 11.6 Å². The van der Waals surface area contributed by atoms with Gasteiger partial charge in [0.1, 0.15) is 5.75 Å². The van der Waals surface area contributed by atoms with Crippen molar-refractivity contribution in [2.45, 2.75) is 6.10 Å². The lowest BCUT2D eigenvalue weighted by molar-refractivity contribution is -0.143. The lowest BCUT2D eigenvalue weighted by atomic mass is 10.1. The summed E-state index contributed by atoms with van der Waals surface area (Å²) in [6, 6.07) is 14.8. The highest BCUT2D eigenvalue weighted by molar-refractivity contribution is 6.30. The second-order valence-electron chi connectivity index (χ2n) is 3.87. The first-order valence-electron chi connectivity index (χ1n) is 5.75. The molecule has 2 rings (SSSR count). The molecule has 101 valence electrons. The number of ether oxygens (including phenoxy) is 2. The van der Waals surface area contributed by atoms with Gasteiger partial charge in [-0.25, -0.2) is 9.59 Å². The third-order valence-electron chi connectivity index (χ3n) is 2.51. The van der Waals surface area contributed by atoms with Gasteiger partial charge in [0.2, 0.25) is 6.10 Å². The van der Waals surface area contributed by atoms with E-state index in [9.17, 15) is 9.59 Å². The van der Waals surface area contributed by atoms with Crippen LogP contribution in [0, 0.1) is 0 Å². The zero-order valence-corrected chi connectivity index (χ0v) is 11.0. The first-order chi connectivity index (χ1) is 9.70. The van der Waals surface area contributed by atoms with Crippen LogP contribution in [0.2, 0.25) is 5.02 Å². The van der Waals surface area contributed by atoms with Gasteiger partial charge in [-0.05, 0) is 24.3 Å². The van der Waals surface area contributed by atoms with Crippen molar-refractivity contribution in [2.75, 3.05) is 0 Å². The van der Waals surface area contributed by atoms with Gasteiger partial charge in [-0.2, -0.15) is 0 Å². The highest BCUT2D eigenvalue weighted by Crippen LogP contribution is 2.21. The lowest BCUT2D eigenvalue weighted by Gasteiger charge is -2.13. The number of esters is 1. The average molecular weight is 290 g/mol. The Labute approximate surface area is 120 Å². The number of carbonyl (C=O) groups excluding carboxylic acids is 2. The van der Waals surface area contributed by atoms with E-state index in [4.69, 9.17) is 16.3 Å². The average Bonchev–Trinajstić information content (AvgIpc) is 2.48. The van der Waals surface area contributed by atoms with Gasteiger partial charge in [0.25, 0.3) is 0 Å². The molecule has 20 heavy (non-hydrogen) atoms. The Bertz CT molecular complexity index is 581. The summed E-state index contributed by atoms with van der Waals surface area (Å²) in [6.45, 7) is 1.27. The van der Waals surface area contributed by atoms with Gasteiger partial charge < -0.3 is 9.47 Å². The van der Waals surface area contributed by atoms with Gasteiger partial charge in [-0.15, -0.1) is 0 Å². The number of carbonyl (C=O) groups is 1. The maximum Gasteiger partial charge on any atom is 0.418 e. The Kier molecular flexibility index (Phi) is 4.74. The fourth-order valence-electron chi connectivity index (χ4n) is 1.60. The van der Waals surface area contributed by atoms with Crippen LogP contribution in [0.3, 0.4) is 0 Å². The van der Waals surface area contributed by atoms with Crippen LogP contribution in [0.4, 0.5) is 0 Å². The van der Waals surface area contributed by atoms with Crippen molar-refractivity contribution in [1.82, 2.24) is 0 Å². The molecule has 1 unspecified atom stereocenters. The summed E-state index contributed by atoms with van der Waals surface area (Å²) in [5, 5.41) is 0.530. The Morgan fingerprint density at radius 2 is 1.70 bits per heavy atom. The normalized spacial score (nSPS) is 11.4. The Morgan fingerprint density at radius 1 is 1.05 bits per heavy atom. The van der Waals surface area contributed by atoms with E-state index in [0.717, 1.165) is 0 Å².